The molecule has 0 saturated heterocycles. The molecule has 2 aromatic heterocycles. The Hall–Kier alpha value is -10.5. The normalized spacial score (nSPS) is 14.6. The van der Waals surface area contributed by atoms with E-state index in [0.717, 1.165) is 0 Å². The molecule has 0 fully saturated rings. The summed E-state index contributed by atoms with van der Waals surface area (Å²) in [6, 6.07) is 96.5. The van der Waals surface area contributed by atoms with Crippen molar-refractivity contribution in [2.45, 2.75) is 38.5 Å². The molecule has 17 aromatic rings. The Balaban J connectivity index is 0.923. The van der Waals surface area contributed by atoms with Crippen molar-refractivity contribution in [3.8, 4) is 55.9 Å². The second-order valence-corrected chi connectivity index (χ2v) is 26.5. The van der Waals surface area contributed by atoms with Gasteiger partial charge in [-0.3, -0.25) is 0 Å². The van der Waals surface area contributed by atoms with Gasteiger partial charge in [-0.1, -0.05) is 234 Å². The van der Waals surface area contributed by atoms with Crippen molar-refractivity contribution in [2.24, 2.45) is 0 Å². The first kappa shape index (κ1) is 46.8. The summed E-state index contributed by atoms with van der Waals surface area (Å²) in [4.78, 5) is 0. The van der Waals surface area contributed by atoms with Crippen LogP contribution in [0.3, 0.4) is 0 Å². The maximum atomic E-state index is 2.74. The van der Waals surface area contributed by atoms with E-state index >= 15 is 0 Å². The van der Waals surface area contributed by atoms with E-state index in [2.05, 4.69) is 286 Å². The van der Waals surface area contributed by atoms with Gasteiger partial charge in [-0.15, -0.1) is 0 Å². The Morgan fingerprint density at radius 2 is 0.713 bits per heavy atom. The molecule has 0 N–H and O–H groups in total. The lowest BCUT2D eigenvalue weighted by Crippen LogP contribution is -2.59. The first-order chi connectivity index (χ1) is 42.7. The van der Waals surface area contributed by atoms with Crippen molar-refractivity contribution < 1.29 is 0 Å². The molecule has 0 amide bonds. The average molecular weight is 1100 g/mol. The smallest absolute Gasteiger partial charge is 0.252 e. The Morgan fingerprint density at radius 3 is 1.33 bits per heavy atom. The fraction of sp³-hybridized carbons (Fsp3) is 0.0714. The van der Waals surface area contributed by atoms with Gasteiger partial charge in [-0.2, -0.15) is 0 Å². The van der Waals surface area contributed by atoms with Gasteiger partial charge >= 0.3 is 0 Å². The number of hydrogen-bond donors (Lipinski definition) is 0. The molecule has 15 aromatic carbocycles. The zero-order chi connectivity index (χ0) is 57.1. The molecule has 0 atom stereocenters. The van der Waals surface area contributed by atoms with Crippen LogP contribution in [0, 0.1) is 0 Å². The summed E-state index contributed by atoms with van der Waals surface area (Å²) in [5.74, 6) is 0. The van der Waals surface area contributed by atoms with E-state index in [0.29, 0.717) is 0 Å². The van der Waals surface area contributed by atoms with Crippen LogP contribution in [0.2, 0.25) is 0 Å². The van der Waals surface area contributed by atoms with Gasteiger partial charge in [0.1, 0.15) is 0 Å². The van der Waals surface area contributed by atoms with Crippen LogP contribution in [0.1, 0.15) is 49.9 Å². The minimum absolute atomic E-state index is 0.0941. The standard InChI is InChI=1S/C84H53BN2/c1-83(2)67-28-15-13-24-56(67)58-35-32-47(42-69(58)83)46-34-39-73-64(40-46)66-41-49(48-33-36-59-57-25-14-16-29-68(57)84(3,4)70(59)43-48)44-71-80(66)86(73)74-30-17-31-75-79(74)85(71)72-45-65-55-23-8-6-19-51(55)52-20-9-11-26-60(52)76(65)78-63-38-37-62-54-22-7-5-18-50(54)53-21-10-12-27-61(53)77(62)81(63)87(75)82(72)78/h5-45H,1-4H3. The SMILES string of the molecule is CC1(C)c2ccccc2-c2ccc(-c3ccc4c(c3)c3cc(-c5ccc6c(c5)C(C)(C)c5ccccc5-6)cc5c3n4-c3cccc4c3B5c3cc5c6ccccc6c6ccccc6c5c5c6ccc7c8ccccc8c8ccccc8c7c6n-4c35)cc21. The average Bonchev–Trinajstić information content (AvgIpc) is 1.57. The summed E-state index contributed by atoms with van der Waals surface area (Å²) in [5.41, 5.74) is 27.4. The summed E-state index contributed by atoms with van der Waals surface area (Å²) in [7, 11) is 0. The Kier molecular flexibility index (Phi) is 8.55. The highest BCUT2D eigenvalue weighted by atomic mass is 15.0. The molecular formula is C84H53BN2. The van der Waals surface area contributed by atoms with E-state index in [9.17, 15) is 0 Å². The van der Waals surface area contributed by atoms with Gasteiger partial charge < -0.3 is 9.13 Å². The highest BCUT2D eigenvalue weighted by Crippen LogP contribution is 2.54. The monoisotopic (exact) mass is 1100 g/mol. The van der Waals surface area contributed by atoms with Crippen LogP contribution in [0.4, 0.5) is 0 Å². The molecule has 21 rings (SSSR count). The van der Waals surface area contributed by atoms with Crippen LogP contribution in [0.5, 0.6) is 0 Å². The zero-order valence-electron chi connectivity index (χ0n) is 48.6. The van der Waals surface area contributed by atoms with Crippen LogP contribution < -0.4 is 16.4 Å². The summed E-state index contributed by atoms with van der Waals surface area (Å²) in [6.45, 7) is 9.51. The van der Waals surface area contributed by atoms with Crippen LogP contribution in [-0.4, -0.2) is 15.8 Å². The van der Waals surface area contributed by atoms with Crippen LogP contribution in [0.15, 0.2) is 249 Å². The highest BCUT2D eigenvalue weighted by Gasteiger charge is 2.43. The molecule has 0 unspecified atom stereocenters. The van der Waals surface area contributed by atoms with Gasteiger partial charge in [-0.25, -0.2) is 0 Å². The molecule has 2 aliphatic carbocycles. The van der Waals surface area contributed by atoms with Gasteiger partial charge in [0, 0.05) is 60.0 Å². The molecule has 3 heteroatoms. The van der Waals surface area contributed by atoms with Crippen LogP contribution in [-0.2, 0) is 10.8 Å². The molecule has 0 saturated carbocycles. The summed E-state index contributed by atoms with van der Waals surface area (Å²) in [5, 5.41) is 20.7. The first-order valence-corrected chi connectivity index (χ1v) is 31.0. The topological polar surface area (TPSA) is 9.86 Å². The predicted octanol–water partition coefficient (Wildman–Crippen LogP) is 19.9. The molecule has 0 spiro atoms. The largest absolute Gasteiger partial charge is 0.310 e. The van der Waals surface area contributed by atoms with Crippen molar-refractivity contribution in [1.29, 1.82) is 0 Å². The van der Waals surface area contributed by atoms with E-state index in [1.807, 2.05) is 0 Å². The highest BCUT2D eigenvalue weighted by molar-refractivity contribution is 7.00. The number of benzene rings is 15. The van der Waals surface area contributed by atoms with Crippen molar-refractivity contribution in [1.82, 2.24) is 9.13 Å². The molecular weight excluding hydrogens is 1050 g/mol. The molecule has 87 heavy (non-hydrogen) atoms. The predicted molar refractivity (Wildman–Crippen MR) is 371 cm³/mol. The maximum absolute atomic E-state index is 2.74. The Labute approximate surface area is 502 Å². The molecule has 0 radical (unpaired) electrons. The Morgan fingerprint density at radius 1 is 0.264 bits per heavy atom. The van der Waals surface area contributed by atoms with Crippen molar-refractivity contribution in [3.63, 3.8) is 0 Å². The number of hydrogen-bond acceptors (Lipinski definition) is 0. The minimum atomic E-state index is -0.146. The van der Waals surface area contributed by atoms with Crippen molar-refractivity contribution in [3.05, 3.63) is 271 Å². The van der Waals surface area contributed by atoms with Crippen LogP contribution >= 0.6 is 0 Å². The van der Waals surface area contributed by atoms with Gasteiger partial charge in [0.25, 0.3) is 6.71 Å². The van der Waals surface area contributed by atoms with E-state index in [1.165, 1.54) is 203 Å². The third kappa shape index (κ3) is 5.62. The minimum Gasteiger partial charge on any atom is -0.310 e. The van der Waals surface area contributed by atoms with E-state index in [1.54, 1.807) is 0 Å². The molecule has 0 bridgehead atoms. The fourth-order valence-electron chi connectivity index (χ4n) is 18.0. The fourth-order valence-corrected chi connectivity index (χ4v) is 18.0. The van der Waals surface area contributed by atoms with E-state index < -0.39 is 0 Å². The lowest BCUT2D eigenvalue weighted by Gasteiger charge is -2.34. The first-order valence-electron chi connectivity index (χ1n) is 31.0. The maximum Gasteiger partial charge on any atom is 0.252 e. The number of rotatable bonds is 2. The lowest BCUT2D eigenvalue weighted by molar-refractivity contribution is 0.660. The summed E-state index contributed by atoms with van der Waals surface area (Å²) >= 11 is 0. The van der Waals surface area contributed by atoms with E-state index in [4.69, 9.17) is 0 Å². The van der Waals surface area contributed by atoms with Crippen molar-refractivity contribution >= 4 is 131 Å². The summed E-state index contributed by atoms with van der Waals surface area (Å²) in [6.07, 6.45) is 0. The number of fused-ring (bicyclic) bond motifs is 30. The molecule has 4 aliphatic rings. The lowest BCUT2D eigenvalue weighted by atomic mass is 9.34. The van der Waals surface area contributed by atoms with Crippen LogP contribution in [0.25, 0.3) is 164 Å². The third-order valence-electron chi connectivity index (χ3n) is 21.8. The number of aromatic nitrogens is 2. The number of nitrogens with zero attached hydrogens (tertiary/aromatic N) is 2. The van der Waals surface area contributed by atoms with E-state index in [-0.39, 0.29) is 17.5 Å². The van der Waals surface area contributed by atoms with Gasteiger partial charge in [0.05, 0.1) is 16.6 Å². The second-order valence-electron chi connectivity index (χ2n) is 26.5. The zero-order valence-corrected chi connectivity index (χ0v) is 48.6. The summed E-state index contributed by atoms with van der Waals surface area (Å²) < 4.78 is 5.40. The quantitative estimate of drug-likeness (QED) is 0.121. The van der Waals surface area contributed by atoms with Gasteiger partial charge in [-0.05, 0) is 179 Å². The van der Waals surface area contributed by atoms with Crippen molar-refractivity contribution in [2.75, 3.05) is 0 Å². The molecule has 2 nitrogen and oxygen atoms in total. The molecule has 2 aliphatic heterocycles. The van der Waals surface area contributed by atoms with Gasteiger partial charge in [0.2, 0.25) is 0 Å². The molecule has 4 heterocycles. The Bertz CT molecular complexity index is 6100. The molecule has 402 valence electrons. The van der Waals surface area contributed by atoms with Gasteiger partial charge in [0.15, 0.2) is 0 Å². The second kappa shape index (κ2) is 15.9. The third-order valence-corrected chi connectivity index (χ3v) is 21.8.